The van der Waals surface area contributed by atoms with Crippen LogP contribution >= 0.6 is 0 Å². The van der Waals surface area contributed by atoms with Crippen molar-refractivity contribution in [3.63, 3.8) is 0 Å². The summed E-state index contributed by atoms with van der Waals surface area (Å²) in [5, 5.41) is 1.28. The SMILES string of the molecule is O=C1OCC[C@@H]1N1CC=C(c2c[nH]c3ccccc23)CC1. The highest BCUT2D eigenvalue weighted by molar-refractivity contribution is 5.92. The molecule has 1 N–H and O–H groups in total. The lowest BCUT2D eigenvalue weighted by atomic mass is 9.98. The Bertz CT molecular complexity index is 716. The van der Waals surface area contributed by atoms with Gasteiger partial charge in [-0.2, -0.15) is 0 Å². The number of aromatic amines is 1. The summed E-state index contributed by atoms with van der Waals surface area (Å²) in [5.74, 6) is -0.0565. The monoisotopic (exact) mass is 282 g/mol. The van der Waals surface area contributed by atoms with Gasteiger partial charge in [0, 0.05) is 42.2 Å². The molecule has 1 atom stereocenters. The average molecular weight is 282 g/mol. The molecule has 4 rings (SSSR count). The molecule has 0 spiro atoms. The molecule has 4 heteroatoms. The van der Waals surface area contributed by atoms with Crippen molar-refractivity contribution in [1.29, 1.82) is 0 Å². The van der Waals surface area contributed by atoms with Crippen LogP contribution in [0.2, 0.25) is 0 Å². The molecule has 0 aliphatic carbocycles. The van der Waals surface area contributed by atoms with Crippen molar-refractivity contribution >= 4 is 22.4 Å². The van der Waals surface area contributed by atoms with Crippen LogP contribution in [0.1, 0.15) is 18.4 Å². The number of nitrogens with one attached hydrogen (secondary N) is 1. The number of rotatable bonds is 2. The quantitative estimate of drug-likeness (QED) is 0.861. The zero-order chi connectivity index (χ0) is 14.2. The third-order valence-electron chi connectivity index (χ3n) is 4.52. The maximum atomic E-state index is 11.7. The Hall–Kier alpha value is -2.07. The highest BCUT2D eigenvalue weighted by Gasteiger charge is 2.32. The summed E-state index contributed by atoms with van der Waals surface area (Å²) in [7, 11) is 0. The number of esters is 1. The molecule has 2 aromatic rings. The van der Waals surface area contributed by atoms with E-state index >= 15 is 0 Å². The number of carbonyl (C=O) groups excluding carboxylic acids is 1. The van der Waals surface area contributed by atoms with Crippen LogP contribution in [0.15, 0.2) is 36.5 Å². The first-order chi connectivity index (χ1) is 10.3. The van der Waals surface area contributed by atoms with Gasteiger partial charge in [-0.25, -0.2) is 0 Å². The van der Waals surface area contributed by atoms with E-state index in [9.17, 15) is 4.79 Å². The van der Waals surface area contributed by atoms with Gasteiger partial charge in [0.2, 0.25) is 0 Å². The number of nitrogens with zero attached hydrogens (tertiary/aromatic N) is 1. The van der Waals surface area contributed by atoms with Gasteiger partial charge in [-0.05, 0) is 18.1 Å². The van der Waals surface area contributed by atoms with E-state index in [1.807, 2.05) is 6.07 Å². The zero-order valence-corrected chi connectivity index (χ0v) is 11.8. The maximum absolute atomic E-state index is 11.7. The van der Waals surface area contributed by atoms with Crippen LogP contribution in [-0.2, 0) is 9.53 Å². The fraction of sp³-hybridized carbons (Fsp3) is 0.353. The molecule has 4 nitrogen and oxygen atoms in total. The lowest BCUT2D eigenvalue weighted by molar-refractivity contribution is -0.142. The van der Waals surface area contributed by atoms with Crippen molar-refractivity contribution in [3.8, 4) is 0 Å². The van der Waals surface area contributed by atoms with Crippen molar-refractivity contribution in [3.05, 3.63) is 42.1 Å². The van der Waals surface area contributed by atoms with Gasteiger partial charge in [0.1, 0.15) is 6.04 Å². The van der Waals surface area contributed by atoms with Crippen molar-refractivity contribution in [1.82, 2.24) is 9.88 Å². The molecule has 1 fully saturated rings. The Labute approximate surface area is 123 Å². The largest absolute Gasteiger partial charge is 0.464 e. The molecule has 21 heavy (non-hydrogen) atoms. The van der Waals surface area contributed by atoms with Crippen LogP contribution in [-0.4, -0.2) is 41.6 Å². The summed E-state index contributed by atoms with van der Waals surface area (Å²) in [6.45, 7) is 2.32. The minimum Gasteiger partial charge on any atom is -0.464 e. The normalized spacial score (nSPS) is 23.3. The fourth-order valence-corrected chi connectivity index (χ4v) is 3.37. The molecule has 0 amide bonds. The summed E-state index contributed by atoms with van der Waals surface area (Å²) in [5.41, 5.74) is 3.84. The van der Waals surface area contributed by atoms with E-state index in [0.717, 1.165) is 25.9 Å². The number of benzene rings is 1. The predicted molar refractivity (Wildman–Crippen MR) is 81.8 cm³/mol. The molecule has 0 unspecified atom stereocenters. The first kappa shape index (κ1) is 12.7. The van der Waals surface area contributed by atoms with E-state index in [-0.39, 0.29) is 12.0 Å². The molecule has 0 saturated carbocycles. The Morgan fingerprint density at radius 2 is 2.19 bits per heavy atom. The van der Waals surface area contributed by atoms with Crippen LogP contribution < -0.4 is 0 Å². The van der Waals surface area contributed by atoms with Crippen LogP contribution in [0.4, 0.5) is 0 Å². The molecular formula is C17H18N2O2. The fourth-order valence-electron chi connectivity index (χ4n) is 3.37. The van der Waals surface area contributed by atoms with Gasteiger partial charge >= 0.3 is 5.97 Å². The lowest BCUT2D eigenvalue weighted by Gasteiger charge is -2.29. The molecule has 2 aliphatic heterocycles. The lowest BCUT2D eigenvalue weighted by Crippen LogP contribution is -2.41. The predicted octanol–water partition coefficient (Wildman–Crippen LogP) is 2.57. The summed E-state index contributed by atoms with van der Waals surface area (Å²) in [6, 6.07) is 8.34. The smallest absolute Gasteiger partial charge is 0.323 e. The number of hydrogen-bond donors (Lipinski definition) is 1. The first-order valence-corrected chi connectivity index (χ1v) is 7.49. The highest BCUT2D eigenvalue weighted by Crippen LogP contribution is 2.30. The van der Waals surface area contributed by atoms with E-state index in [1.165, 1.54) is 22.0 Å². The number of carbonyl (C=O) groups is 1. The van der Waals surface area contributed by atoms with Crippen molar-refractivity contribution < 1.29 is 9.53 Å². The van der Waals surface area contributed by atoms with Gasteiger partial charge in [-0.15, -0.1) is 0 Å². The maximum Gasteiger partial charge on any atom is 0.323 e. The third-order valence-corrected chi connectivity index (χ3v) is 4.52. The van der Waals surface area contributed by atoms with E-state index < -0.39 is 0 Å². The van der Waals surface area contributed by atoms with Crippen molar-refractivity contribution in [2.24, 2.45) is 0 Å². The second kappa shape index (κ2) is 5.04. The molecule has 3 heterocycles. The number of H-pyrrole nitrogens is 1. The zero-order valence-electron chi connectivity index (χ0n) is 11.8. The summed E-state index contributed by atoms with van der Waals surface area (Å²) >= 11 is 0. The van der Waals surface area contributed by atoms with E-state index in [0.29, 0.717) is 6.61 Å². The van der Waals surface area contributed by atoms with Crippen LogP contribution in [0.25, 0.3) is 16.5 Å². The number of ether oxygens (including phenoxy) is 1. The van der Waals surface area contributed by atoms with Gasteiger partial charge in [-0.3, -0.25) is 9.69 Å². The number of hydrogen-bond acceptors (Lipinski definition) is 3. The van der Waals surface area contributed by atoms with Gasteiger partial charge in [-0.1, -0.05) is 24.3 Å². The third kappa shape index (κ3) is 2.16. The Balaban J connectivity index is 1.58. The minimum atomic E-state index is -0.0565. The number of fused-ring (bicyclic) bond motifs is 1. The van der Waals surface area contributed by atoms with E-state index in [4.69, 9.17) is 4.74 Å². The first-order valence-electron chi connectivity index (χ1n) is 7.49. The topological polar surface area (TPSA) is 45.3 Å². The molecule has 0 radical (unpaired) electrons. The van der Waals surface area contributed by atoms with E-state index in [1.54, 1.807) is 0 Å². The summed E-state index contributed by atoms with van der Waals surface area (Å²) in [4.78, 5) is 17.2. The van der Waals surface area contributed by atoms with Crippen LogP contribution in [0.5, 0.6) is 0 Å². The summed E-state index contributed by atoms with van der Waals surface area (Å²) < 4.78 is 5.07. The molecule has 1 aromatic heterocycles. The Morgan fingerprint density at radius 1 is 1.29 bits per heavy atom. The molecule has 108 valence electrons. The van der Waals surface area contributed by atoms with Crippen LogP contribution in [0, 0.1) is 0 Å². The number of para-hydroxylation sites is 1. The van der Waals surface area contributed by atoms with Crippen molar-refractivity contribution in [2.75, 3.05) is 19.7 Å². The minimum absolute atomic E-state index is 0.0363. The summed E-state index contributed by atoms with van der Waals surface area (Å²) in [6.07, 6.45) is 6.15. The molecular weight excluding hydrogens is 264 g/mol. The second-order valence-corrected chi connectivity index (χ2v) is 5.69. The average Bonchev–Trinajstić information content (AvgIpc) is 3.14. The number of cyclic esters (lactones) is 1. The standard InChI is InChI=1S/C17H18N2O2/c20-17-16(7-10-21-17)19-8-5-12(6-9-19)14-11-18-15-4-2-1-3-13(14)15/h1-5,11,16,18H,6-10H2/t16-/m0/s1. The second-order valence-electron chi connectivity index (χ2n) is 5.69. The van der Waals surface area contributed by atoms with Gasteiger partial charge in [0.05, 0.1) is 6.61 Å². The van der Waals surface area contributed by atoms with Crippen molar-refractivity contribution in [2.45, 2.75) is 18.9 Å². The molecule has 1 saturated heterocycles. The molecule has 0 bridgehead atoms. The highest BCUT2D eigenvalue weighted by atomic mass is 16.5. The van der Waals surface area contributed by atoms with Gasteiger partial charge < -0.3 is 9.72 Å². The van der Waals surface area contributed by atoms with E-state index in [2.05, 4.69) is 40.4 Å². The molecule has 1 aromatic carbocycles. The van der Waals surface area contributed by atoms with Crippen LogP contribution in [0.3, 0.4) is 0 Å². The Kier molecular flexibility index (Phi) is 3.04. The number of aromatic nitrogens is 1. The van der Waals surface area contributed by atoms with Gasteiger partial charge in [0.15, 0.2) is 0 Å². The molecule has 2 aliphatic rings. The Morgan fingerprint density at radius 3 is 2.95 bits per heavy atom. The van der Waals surface area contributed by atoms with Gasteiger partial charge in [0.25, 0.3) is 0 Å².